The Bertz CT molecular complexity index is 3840. The van der Waals surface area contributed by atoms with E-state index in [0.717, 1.165) is 42.5 Å². The summed E-state index contributed by atoms with van der Waals surface area (Å²) in [5, 5.41) is -1.04. The largest absolute Gasteiger partial charge is 0.278 e. The van der Waals surface area contributed by atoms with Crippen molar-refractivity contribution in [2.24, 2.45) is 0 Å². The zero-order valence-electron chi connectivity index (χ0n) is 45.1. The third kappa shape index (κ3) is 5.29. The van der Waals surface area contributed by atoms with Crippen LogP contribution in [0.4, 0.5) is 0 Å². The summed E-state index contributed by atoms with van der Waals surface area (Å²) >= 11 is 0. The molecule has 3 aromatic heterocycles. The van der Waals surface area contributed by atoms with Gasteiger partial charge in [-0.1, -0.05) is 164 Å². The molecule has 8 aromatic carbocycles. The van der Waals surface area contributed by atoms with Crippen LogP contribution < -0.4 is 0 Å². The van der Waals surface area contributed by atoms with Crippen molar-refractivity contribution in [2.75, 3.05) is 0 Å². The van der Waals surface area contributed by atoms with Crippen LogP contribution in [-0.2, 0) is 0 Å². The number of para-hydroxylation sites is 4. The van der Waals surface area contributed by atoms with Crippen LogP contribution in [0.1, 0.15) is 21.9 Å². The Morgan fingerprint density at radius 1 is 0.321 bits per heavy atom. The monoisotopic (exact) mass is 731 g/mol. The number of hydrogen-bond acceptors (Lipinski definition) is 3. The van der Waals surface area contributed by atoms with Crippen molar-refractivity contribution in [1.82, 2.24) is 24.1 Å². The maximum Gasteiger partial charge on any atom is 0.240 e. The predicted molar refractivity (Wildman–Crippen MR) is 230 cm³/mol. The van der Waals surface area contributed by atoms with E-state index >= 15 is 0 Å². The third-order valence-corrected chi connectivity index (χ3v) is 9.72. The van der Waals surface area contributed by atoms with Crippen molar-refractivity contribution in [3.8, 4) is 56.7 Å². The van der Waals surface area contributed by atoms with Crippen LogP contribution in [0.2, 0.25) is 0 Å². The molecule has 0 bridgehead atoms. The van der Waals surface area contributed by atoms with Crippen molar-refractivity contribution in [2.45, 2.75) is 0 Å². The Morgan fingerprint density at radius 2 is 0.661 bits per heavy atom. The molecule has 0 saturated carbocycles. The van der Waals surface area contributed by atoms with Crippen LogP contribution in [-0.4, -0.2) is 24.1 Å². The van der Waals surface area contributed by atoms with Gasteiger partial charge in [0.2, 0.25) is 11.9 Å². The molecule has 11 aromatic rings. The molecule has 0 N–H and O–H groups in total. The molecule has 0 fully saturated rings. The molecule has 0 atom stereocenters. The number of fused-ring (bicyclic) bond motifs is 6. The normalized spacial score (nSPS) is 15.6. The van der Waals surface area contributed by atoms with Gasteiger partial charge in [0, 0.05) is 27.1 Å². The third-order valence-electron chi connectivity index (χ3n) is 9.72. The highest BCUT2D eigenvalue weighted by Gasteiger charge is 2.20. The predicted octanol–water partition coefficient (Wildman–Crippen LogP) is 12.7. The van der Waals surface area contributed by atoms with Gasteiger partial charge in [-0.2, -0.15) is 15.0 Å². The van der Waals surface area contributed by atoms with Gasteiger partial charge in [0.1, 0.15) is 0 Å². The van der Waals surface area contributed by atoms with Gasteiger partial charge in [-0.3, -0.25) is 9.13 Å². The number of aromatic nitrogens is 5. The molecule has 5 heteroatoms. The lowest BCUT2D eigenvalue weighted by atomic mass is 9.96. The molecule has 0 aliphatic heterocycles. The van der Waals surface area contributed by atoms with E-state index < -0.39 is 109 Å². The average Bonchev–Trinajstić information content (AvgIpc) is 3.97. The minimum absolute atomic E-state index is 0.138. The summed E-state index contributed by atoms with van der Waals surface area (Å²) in [5.41, 5.74) is 4.81. The van der Waals surface area contributed by atoms with E-state index in [-0.39, 0.29) is 49.4 Å². The van der Waals surface area contributed by atoms with E-state index in [1.165, 1.54) is 0 Å². The van der Waals surface area contributed by atoms with Crippen molar-refractivity contribution >= 4 is 43.6 Å². The molecule has 0 unspecified atom stereocenters. The van der Waals surface area contributed by atoms with Gasteiger partial charge in [0.05, 0.1) is 44.0 Å². The highest BCUT2D eigenvalue weighted by atomic mass is 15.3. The van der Waals surface area contributed by atoms with Crippen molar-refractivity contribution in [3.63, 3.8) is 0 Å². The zero-order valence-corrected chi connectivity index (χ0v) is 29.1. The lowest BCUT2D eigenvalue weighted by Crippen LogP contribution is -2.10. The molecule has 3 heterocycles. The summed E-state index contributed by atoms with van der Waals surface area (Å²) in [5.74, 6) is -1.06. The van der Waals surface area contributed by atoms with E-state index in [4.69, 9.17) is 36.9 Å². The summed E-state index contributed by atoms with van der Waals surface area (Å²) < 4.78 is 144. The fourth-order valence-electron chi connectivity index (χ4n) is 7.12. The maximum absolute atomic E-state index is 9.17. The zero-order chi connectivity index (χ0) is 50.9. The van der Waals surface area contributed by atoms with E-state index in [1.807, 2.05) is 72.8 Å². The molecule has 262 valence electrons. The van der Waals surface area contributed by atoms with Crippen LogP contribution in [0.5, 0.6) is 0 Å². The Balaban J connectivity index is 1.20. The maximum atomic E-state index is 9.17. The first-order valence-electron chi connectivity index (χ1n) is 25.6. The van der Waals surface area contributed by atoms with Gasteiger partial charge >= 0.3 is 0 Å². The van der Waals surface area contributed by atoms with Crippen LogP contribution >= 0.6 is 0 Å². The molecule has 0 saturated heterocycles. The molecule has 56 heavy (non-hydrogen) atoms. The minimum Gasteiger partial charge on any atom is -0.278 e. The molecule has 0 spiro atoms. The fraction of sp³-hybridized carbons (Fsp3) is 0. The van der Waals surface area contributed by atoms with Crippen LogP contribution in [0, 0.1) is 0 Å². The molecular formula is C51H33N5. The van der Waals surface area contributed by atoms with Gasteiger partial charge in [0.15, 0.2) is 5.82 Å². The Kier molecular flexibility index (Phi) is 4.57. The van der Waals surface area contributed by atoms with Crippen LogP contribution in [0.15, 0.2) is 200 Å². The van der Waals surface area contributed by atoms with Gasteiger partial charge in [-0.25, -0.2) is 0 Å². The summed E-state index contributed by atoms with van der Waals surface area (Å²) in [4.78, 5) is 14.4. The van der Waals surface area contributed by atoms with Gasteiger partial charge in [-0.05, 0) is 69.7 Å². The van der Waals surface area contributed by atoms with Crippen LogP contribution in [0.25, 0.3) is 100 Å². The molecule has 0 amide bonds. The first-order valence-corrected chi connectivity index (χ1v) is 17.6. The molecule has 0 aliphatic carbocycles. The molecule has 0 radical (unpaired) electrons. The Labute approximate surface area is 345 Å². The van der Waals surface area contributed by atoms with Crippen molar-refractivity contribution < 1.29 is 21.9 Å². The van der Waals surface area contributed by atoms with E-state index in [0.29, 0.717) is 5.56 Å². The van der Waals surface area contributed by atoms with Gasteiger partial charge < -0.3 is 0 Å². The quantitative estimate of drug-likeness (QED) is 0.171. The molecular weight excluding hydrogens is 683 g/mol. The summed E-state index contributed by atoms with van der Waals surface area (Å²) in [6, 6.07) is 22.8. The topological polar surface area (TPSA) is 48.5 Å². The first kappa shape index (κ1) is 19.6. The van der Waals surface area contributed by atoms with Gasteiger partial charge in [0.25, 0.3) is 0 Å². The molecule has 11 rings (SSSR count). The SMILES string of the molecule is [2H]c1c([2H])c([2H])c2c(c1[2H])c1c([2H])c([2H])c([2H])c([2H])c1n2-c1nc(-c2ccc(-c3cccc(-c4cccc(-c5ccccc5)c4)c3)cc2)nc(-n2c3c([2H])c([2H])c([2H])c([2H])c3c3c([2H])c([2H])c([2H])c([2H])c32)n1. The number of nitrogens with zero attached hydrogens (tertiary/aromatic N) is 5. The standard InChI is InChI=1S/C51H33N5/c1-2-14-34(15-3-1)37-16-12-18-39(32-37)40-19-13-17-38(33-40)35-28-30-36(31-29-35)49-52-50(55-45-24-8-4-20-41(45)42-21-5-9-25-46(42)55)54-51(53-49)56-47-26-10-6-22-43(47)44-23-7-11-27-48(44)56/h1-33H/i4D,5D,6D,7D,8D,9D,10D,11D,20D,21D,22D,23D,24D,25D,26D,27D. The van der Waals surface area contributed by atoms with E-state index in [2.05, 4.69) is 18.2 Å². The molecule has 5 nitrogen and oxygen atoms in total. The lowest BCUT2D eigenvalue weighted by molar-refractivity contribution is 0.893. The van der Waals surface area contributed by atoms with Crippen molar-refractivity contribution in [1.29, 1.82) is 0 Å². The van der Waals surface area contributed by atoms with Gasteiger partial charge in [-0.15, -0.1) is 0 Å². The lowest BCUT2D eigenvalue weighted by Gasteiger charge is -2.13. The highest BCUT2D eigenvalue weighted by molar-refractivity contribution is 6.10. The summed E-state index contributed by atoms with van der Waals surface area (Å²) in [7, 11) is 0. The summed E-state index contributed by atoms with van der Waals surface area (Å²) in [6.45, 7) is 0. The minimum atomic E-state index is -0.695. The Morgan fingerprint density at radius 3 is 1.09 bits per heavy atom. The molecule has 0 aliphatic rings. The Hall–Kier alpha value is -7.63. The average molecular weight is 732 g/mol. The number of rotatable bonds is 6. The van der Waals surface area contributed by atoms with Crippen molar-refractivity contribution in [3.05, 3.63) is 200 Å². The summed E-state index contributed by atoms with van der Waals surface area (Å²) in [6.07, 6.45) is 0. The second-order valence-electron chi connectivity index (χ2n) is 12.9. The number of benzene rings is 8. The van der Waals surface area contributed by atoms with E-state index in [1.54, 1.807) is 12.1 Å². The second kappa shape index (κ2) is 13.0. The highest BCUT2D eigenvalue weighted by Crippen LogP contribution is 2.35. The smallest absolute Gasteiger partial charge is 0.240 e. The van der Waals surface area contributed by atoms with Crippen LogP contribution in [0.3, 0.4) is 0 Å². The fourth-order valence-corrected chi connectivity index (χ4v) is 7.12. The van der Waals surface area contributed by atoms with E-state index in [9.17, 15) is 0 Å². The first-order chi connectivity index (χ1) is 34.4. The second-order valence-corrected chi connectivity index (χ2v) is 12.9. The number of hydrogen-bond donors (Lipinski definition) is 0.